The molecule has 1 rings (SSSR count). The van der Waals surface area contributed by atoms with Crippen molar-refractivity contribution in [2.45, 2.75) is 46.1 Å². The summed E-state index contributed by atoms with van der Waals surface area (Å²) in [5, 5.41) is 3.41. The Morgan fingerprint density at radius 1 is 1.16 bits per heavy atom. The fourth-order valence-corrected chi connectivity index (χ4v) is 2.12. The lowest BCUT2D eigenvalue weighted by Crippen LogP contribution is -2.21. The number of rotatable bonds is 11. The smallest absolute Gasteiger partial charge is 0.0591 e. The molecule has 0 aliphatic rings. The van der Waals surface area contributed by atoms with Gasteiger partial charge in [0.05, 0.1) is 6.61 Å². The minimum absolute atomic E-state index is 0.745. The van der Waals surface area contributed by atoms with E-state index in [1.807, 2.05) is 6.07 Å². The van der Waals surface area contributed by atoms with E-state index in [9.17, 15) is 0 Å². The molecule has 0 bridgehead atoms. The molecule has 0 heterocycles. The van der Waals surface area contributed by atoms with E-state index < -0.39 is 0 Å². The zero-order valence-electron chi connectivity index (χ0n) is 12.5. The van der Waals surface area contributed by atoms with Crippen molar-refractivity contribution in [3.63, 3.8) is 0 Å². The minimum Gasteiger partial charge on any atom is -0.380 e. The van der Waals surface area contributed by atoms with Crippen molar-refractivity contribution in [2.75, 3.05) is 19.8 Å². The molecule has 1 unspecified atom stereocenters. The molecule has 0 aliphatic carbocycles. The summed E-state index contributed by atoms with van der Waals surface area (Å²) in [7, 11) is 0. The number of ether oxygens (including phenoxy) is 1. The summed E-state index contributed by atoms with van der Waals surface area (Å²) in [4.78, 5) is 0. The molecule has 108 valence electrons. The fraction of sp³-hybridized carbons (Fsp3) is 0.647. The molecule has 1 N–H and O–H groups in total. The van der Waals surface area contributed by atoms with Crippen molar-refractivity contribution in [1.29, 1.82) is 0 Å². The van der Waals surface area contributed by atoms with E-state index in [1.54, 1.807) is 0 Å². The summed E-state index contributed by atoms with van der Waals surface area (Å²) in [6.07, 6.45) is 5.16. The Kier molecular flexibility index (Phi) is 9.38. The maximum Gasteiger partial charge on any atom is 0.0591 e. The average molecular weight is 263 g/mol. The SMILES string of the molecule is CCCCC(CC)COCCNCc1ccccc1. The van der Waals surface area contributed by atoms with Crippen molar-refractivity contribution >= 4 is 0 Å². The molecule has 0 saturated carbocycles. The Hall–Kier alpha value is -0.860. The summed E-state index contributed by atoms with van der Waals surface area (Å²) in [5.74, 6) is 0.745. The molecule has 2 nitrogen and oxygen atoms in total. The van der Waals surface area contributed by atoms with Gasteiger partial charge in [-0.2, -0.15) is 0 Å². The predicted octanol–water partition coefficient (Wildman–Crippen LogP) is 4.01. The van der Waals surface area contributed by atoms with E-state index in [0.29, 0.717) is 0 Å². The molecule has 0 aliphatic heterocycles. The van der Waals surface area contributed by atoms with Gasteiger partial charge in [0, 0.05) is 19.7 Å². The Morgan fingerprint density at radius 3 is 2.63 bits per heavy atom. The molecule has 1 aromatic rings. The first-order chi connectivity index (χ1) is 9.36. The standard InChI is InChI=1S/C17H29NO/c1-3-5-9-16(4-2)15-19-13-12-18-14-17-10-7-6-8-11-17/h6-8,10-11,16,18H,3-5,9,12-15H2,1-2H3. The first kappa shape index (κ1) is 16.2. The summed E-state index contributed by atoms with van der Waals surface area (Å²) in [6, 6.07) is 10.5. The third kappa shape index (κ3) is 8.02. The quantitative estimate of drug-likeness (QED) is 0.609. The molecule has 1 aromatic carbocycles. The van der Waals surface area contributed by atoms with Gasteiger partial charge in [-0.3, -0.25) is 0 Å². The molecule has 0 amide bonds. The van der Waals surface area contributed by atoms with Crippen LogP contribution in [-0.4, -0.2) is 19.8 Å². The second-order valence-corrected chi connectivity index (χ2v) is 5.15. The van der Waals surface area contributed by atoms with Crippen LogP contribution in [0.25, 0.3) is 0 Å². The van der Waals surface area contributed by atoms with Crippen molar-refractivity contribution < 1.29 is 4.74 Å². The van der Waals surface area contributed by atoms with Crippen LogP contribution >= 0.6 is 0 Å². The van der Waals surface area contributed by atoms with Crippen LogP contribution in [0.5, 0.6) is 0 Å². The highest BCUT2D eigenvalue weighted by molar-refractivity contribution is 5.14. The lowest BCUT2D eigenvalue weighted by Gasteiger charge is -2.14. The van der Waals surface area contributed by atoms with Crippen LogP contribution in [0.1, 0.15) is 45.1 Å². The molecule has 19 heavy (non-hydrogen) atoms. The number of hydrogen-bond acceptors (Lipinski definition) is 2. The van der Waals surface area contributed by atoms with Crippen LogP contribution < -0.4 is 5.32 Å². The van der Waals surface area contributed by atoms with Crippen LogP contribution in [0.4, 0.5) is 0 Å². The molecule has 0 spiro atoms. The molecule has 0 radical (unpaired) electrons. The molecule has 2 heteroatoms. The average Bonchev–Trinajstić information content (AvgIpc) is 2.47. The largest absolute Gasteiger partial charge is 0.380 e. The van der Waals surface area contributed by atoms with Crippen LogP contribution in [0.2, 0.25) is 0 Å². The molecule has 0 saturated heterocycles. The number of unbranched alkanes of at least 4 members (excludes halogenated alkanes) is 1. The van der Waals surface area contributed by atoms with Crippen molar-refractivity contribution in [2.24, 2.45) is 5.92 Å². The fourth-order valence-electron chi connectivity index (χ4n) is 2.12. The summed E-state index contributed by atoms with van der Waals surface area (Å²) in [6.45, 7) is 8.10. The van der Waals surface area contributed by atoms with E-state index >= 15 is 0 Å². The number of hydrogen-bond donors (Lipinski definition) is 1. The number of benzene rings is 1. The maximum atomic E-state index is 5.76. The van der Waals surface area contributed by atoms with Gasteiger partial charge in [-0.15, -0.1) is 0 Å². The second-order valence-electron chi connectivity index (χ2n) is 5.15. The lowest BCUT2D eigenvalue weighted by molar-refractivity contribution is 0.0955. The van der Waals surface area contributed by atoms with E-state index in [1.165, 1.54) is 31.2 Å². The molecular weight excluding hydrogens is 234 g/mol. The normalized spacial score (nSPS) is 12.5. The van der Waals surface area contributed by atoms with Crippen molar-refractivity contribution in [3.05, 3.63) is 35.9 Å². The third-order valence-electron chi connectivity index (χ3n) is 3.49. The van der Waals surface area contributed by atoms with E-state index in [-0.39, 0.29) is 0 Å². The van der Waals surface area contributed by atoms with E-state index in [2.05, 4.69) is 43.4 Å². The van der Waals surface area contributed by atoms with Crippen molar-refractivity contribution in [3.8, 4) is 0 Å². The van der Waals surface area contributed by atoms with Gasteiger partial charge in [-0.1, -0.05) is 63.4 Å². The molecule has 0 aromatic heterocycles. The summed E-state index contributed by atoms with van der Waals surface area (Å²) < 4.78 is 5.76. The highest BCUT2D eigenvalue weighted by Gasteiger charge is 2.05. The van der Waals surface area contributed by atoms with Gasteiger partial charge < -0.3 is 10.1 Å². The van der Waals surface area contributed by atoms with Gasteiger partial charge in [0.1, 0.15) is 0 Å². The van der Waals surface area contributed by atoms with E-state index in [4.69, 9.17) is 4.74 Å². The van der Waals surface area contributed by atoms with Gasteiger partial charge in [-0.05, 0) is 17.9 Å². The third-order valence-corrected chi connectivity index (χ3v) is 3.49. The lowest BCUT2D eigenvalue weighted by atomic mass is 10.0. The highest BCUT2D eigenvalue weighted by Crippen LogP contribution is 2.12. The molecule has 0 fully saturated rings. The Labute approximate surface area is 118 Å². The monoisotopic (exact) mass is 263 g/mol. The van der Waals surface area contributed by atoms with Crippen LogP contribution in [0.15, 0.2) is 30.3 Å². The summed E-state index contributed by atoms with van der Waals surface area (Å²) >= 11 is 0. The van der Waals surface area contributed by atoms with Gasteiger partial charge in [0.15, 0.2) is 0 Å². The first-order valence-corrected chi connectivity index (χ1v) is 7.69. The zero-order chi connectivity index (χ0) is 13.8. The second kappa shape index (κ2) is 11.0. The molecule has 1 atom stereocenters. The van der Waals surface area contributed by atoms with Gasteiger partial charge >= 0.3 is 0 Å². The maximum absolute atomic E-state index is 5.76. The minimum atomic E-state index is 0.745. The molecular formula is C17H29NO. The van der Waals surface area contributed by atoms with Crippen LogP contribution in [0.3, 0.4) is 0 Å². The zero-order valence-corrected chi connectivity index (χ0v) is 12.5. The highest BCUT2D eigenvalue weighted by atomic mass is 16.5. The van der Waals surface area contributed by atoms with E-state index in [0.717, 1.165) is 32.2 Å². The van der Waals surface area contributed by atoms with Gasteiger partial charge in [0.25, 0.3) is 0 Å². The van der Waals surface area contributed by atoms with Gasteiger partial charge in [-0.25, -0.2) is 0 Å². The Bertz CT molecular complexity index is 299. The topological polar surface area (TPSA) is 21.3 Å². The summed E-state index contributed by atoms with van der Waals surface area (Å²) in [5.41, 5.74) is 1.33. The Morgan fingerprint density at radius 2 is 1.95 bits per heavy atom. The van der Waals surface area contributed by atoms with Crippen LogP contribution in [0, 0.1) is 5.92 Å². The van der Waals surface area contributed by atoms with Crippen LogP contribution in [-0.2, 0) is 11.3 Å². The number of nitrogens with one attached hydrogen (secondary N) is 1. The predicted molar refractivity (Wildman–Crippen MR) is 82.3 cm³/mol. The van der Waals surface area contributed by atoms with Crippen molar-refractivity contribution in [1.82, 2.24) is 5.32 Å². The Balaban J connectivity index is 1.98. The first-order valence-electron chi connectivity index (χ1n) is 7.69. The van der Waals surface area contributed by atoms with Gasteiger partial charge in [0.2, 0.25) is 0 Å².